The zero-order chi connectivity index (χ0) is 18.8. The van der Waals surface area contributed by atoms with Crippen LogP contribution in [0.3, 0.4) is 0 Å². The smallest absolute Gasteiger partial charge is 0.255 e. The van der Waals surface area contributed by atoms with E-state index in [1.54, 1.807) is 12.0 Å². The predicted octanol–water partition coefficient (Wildman–Crippen LogP) is 4.44. The van der Waals surface area contributed by atoms with Gasteiger partial charge in [0.15, 0.2) is 0 Å². The summed E-state index contributed by atoms with van der Waals surface area (Å²) in [6.45, 7) is 6.47. The van der Waals surface area contributed by atoms with Crippen LogP contribution in [0.2, 0.25) is 0 Å². The molecule has 1 amide bonds. The Bertz CT molecular complexity index is 956. The number of aromatic nitrogens is 1. The summed E-state index contributed by atoms with van der Waals surface area (Å²) in [7, 11) is 3.51. The number of pyridine rings is 1. The van der Waals surface area contributed by atoms with E-state index < -0.39 is 0 Å². The Kier molecular flexibility index (Phi) is 4.94. The third-order valence-electron chi connectivity index (χ3n) is 4.64. The highest BCUT2D eigenvalue weighted by atomic mass is 16.5. The number of ether oxygens (including phenoxy) is 1. The SMILES string of the molecule is COc1c(C)cc(CN(C)C(=O)c2cc3ccccc3nc2C)cc1C. The summed E-state index contributed by atoms with van der Waals surface area (Å²) in [4.78, 5) is 19.3. The van der Waals surface area contributed by atoms with E-state index >= 15 is 0 Å². The van der Waals surface area contributed by atoms with Crippen LogP contribution >= 0.6 is 0 Å². The minimum absolute atomic E-state index is 0.0214. The van der Waals surface area contributed by atoms with Gasteiger partial charge in [-0.2, -0.15) is 0 Å². The van der Waals surface area contributed by atoms with Crippen LogP contribution in [0.25, 0.3) is 10.9 Å². The highest BCUT2D eigenvalue weighted by molar-refractivity contribution is 5.98. The van der Waals surface area contributed by atoms with E-state index in [-0.39, 0.29) is 5.91 Å². The number of amides is 1. The molecule has 0 aliphatic rings. The van der Waals surface area contributed by atoms with Gasteiger partial charge in [-0.15, -0.1) is 0 Å². The molecule has 0 aliphatic heterocycles. The fourth-order valence-corrected chi connectivity index (χ4v) is 3.43. The minimum Gasteiger partial charge on any atom is -0.496 e. The van der Waals surface area contributed by atoms with Crippen molar-refractivity contribution >= 4 is 16.8 Å². The maximum absolute atomic E-state index is 13.0. The zero-order valence-electron chi connectivity index (χ0n) is 16.0. The van der Waals surface area contributed by atoms with Gasteiger partial charge in [-0.3, -0.25) is 9.78 Å². The quantitative estimate of drug-likeness (QED) is 0.700. The van der Waals surface area contributed by atoms with Gasteiger partial charge in [0.25, 0.3) is 5.91 Å². The average Bonchev–Trinajstić information content (AvgIpc) is 2.60. The Morgan fingerprint density at radius 2 is 1.73 bits per heavy atom. The van der Waals surface area contributed by atoms with Crippen LogP contribution in [-0.2, 0) is 6.54 Å². The molecule has 0 radical (unpaired) electrons. The highest BCUT2D eigenvalue weighted by Crippen LogP contribution is 2.25. The van der Waals surface area contributed by atoms with Crippen molar-refractivity contribution < 1.29 is 9.53 Å². The Morgan fingerprint density at radius 3 is 2.38 bits per heavy atom. The lowest BCUT2D eigenvalue weighted by atomic mass is 10.0. The number of benzene rings is 2. The molecule has 0 spiro atoms. The van der Waals surface area contributed by atoms with Crippen LogP contribution in [-0.4, -0.2) is 29.9 Å². The van der Waals surface area contributed by atoms with Crippen LogP contribution < -0.4 is 4.74 Å². The first-order valence-corrected chi connectivity index (χ1v) is 8.66. The highest BCUT2D eigenvalue weighted by Gasteiger charge is 2.17. The molecule has 0 saturated heterocycles. The molecule has 134 valence electrons. The van der Waals surface area contributed by atoms with Gasteiger partial charge in [-0.25, -0.2) is 0 Å². The Hall–Kier alpha value is -2.88. The van der Waals surface area contributed by atoms with Crippen molar-refractivity contribution in [1.29, 1.82) is 0 Å². The number of hydrogen-bond donors (Lipinski definition) is 0. The van der Waals surface area contributed by atoms with Crippen molar-refractivity contribution in [3.63, 3.8) is 0 Å². The normalized spacial score (nSPS) is 10.8. The first-order valence-electron chi connectivity index (χ1n) is 8.66. The van der Waals surface area contributed by atoms with Gasteiger partial charge in [-0.05, 0) is 49.6 Å². The Balaban J connectivity index is 1.87. The summed E-state index contributed by atoms with van der Waals surface area (Å²) in [5, 5.41) is 0.978. The van der Waals surface area contributed by atoms with Gasteiger partial charge in [0.2, 0.25) is 0 Å². The molecule has 0 fully saturated rings. The molecule has 0 unspecified atom stereocenters. The van der Waals surface area contributed by atoms with Gasteiger partial charge in [-0.1, -0.05) is 30.3 Å². The van der Waals surface area contributed by atoms with Crippen LogP contribution in [0.15, 0.2) is 42.5 Å². The standard InChI is InChI=1S/C22H24N2O2/c1-14-10-17(11-15(2)21(14)26-5)13-24(4)22(25)19-12-18-8-6-7-9-20(18)23-16(19)3/h6-12H,13H2,1-5H3. The molecule has 4 nitrogen and oxygen atoms in total. The van der Waals surface area contributed by atoms with Crippen molar-refractivity contribution in [2.24, 2.45) is 0 Å². The van der Waals surface area contributed by atoms with Crippen LogP contribution in [0, 0.1) is 20.8 Å². The van der Waals surface area contributed by atoms with Crippen molar-refractivity contribution in [2.45, 2.75) is 27.3 Å². The number of hydrogen-bond acceptors (Lipinski definition) is 3. The van der Waals surface area contributed by atoms with E-state index in [1.165, 1.54) is 0 Å². The summed E-state index contributed by atoms with van der Waals surface area (Å²) in [6.07, 6.45) is 0. The molecule has 0 N–H and O–H groups in total. The molecule has 3 rings (SSSR count). The van der Waals surface area contributed by atoms with E-state index in [9.17, 15) is 4.79 Å². The number of rotatable bonds is 4. The van der Waals surface area contributed by atoms with Gasteiger partial charge >= 0.3 is 0 Å². The van der Waals surface area contributed by atoms with E-state index in [2.05, 4.69) is 17.1 Å². The molecule has 0 saturated carbocycles. The molecule has 1 aromatic heterocycles. The molecule has 4 heteroatoms. The summed E-state index contributed by atoms with van der Waals surface area (Å²) in [5.41, 5.74) is 5.54. The topological polar surface area (TPSA) is 42.4 Å². The molecule has 0 bridgehead atoms. The third kappa shape index (κ3) is 3.40. The maximum Gasteiger partial charge on any atom is 0.255 e. The molecule has 3 aromatic rings. The Morgan fingerprint density at radius 1 is 1.08 bits per heavy atom. The number of nitrogens with zero attached hydrogens (tertiary/aromatic N) is 2. The number of carbonyl (C=O) groups excluding carboxylic acids is 1. The maximum atomic E-state index is 13.0. The summed E-state index contributed by atoms with van der Waals surface area (Å²) >= 11 is 0. The van der Waals surface area contributed by atoms with Crippen molar-refractivity contribution in [2.75, 3.05) is 14.2 Å². The summed E-state index contributed by atoms with van der Waals surface area (Å²) in [5.74, 6) is 0.879. The molecular weight excluding hydrogens is 324 g/mol. The van der Waals surface area contributed by atoms with Crippen molar-refractivity contribution in [1.82, 2.24) is 9.88 Å². The number of aryl methyl sites for hydroxylation is 3. The van der Waals surface area contributed by atoms with Crippen LogP contribution in [0.4, 0.5) is 0 Å². The predicted molar refractivity (Wildman–Crippen MR) is 105 cm³/mol. The second kappa shape index (κ2) is 7.16. The second-order valence-electron chi connectivity index (χ2n) is 6.74. The van der Waals surface area contributed by atoms with Gasteiger partial charge in [0.1, 0.15) is 5.75 Å². The van der Waals surface area contributed by atoms with E-state index in [0.717, 1.165) is 39.0 Å². The van der Waals surface area contributed by atoms with E-state index in [0.29, 0.717) is 12.1 Å². The average molecular weight is 348 g/mol. The molecule has 1 heterocycles. The number of methoxy groups -OCH3 is 1. The van der Waals surface area contributed by atoms with Gasteiger partial charge < -0.3 is 9.64 Å². The third-order valence-corrected chi connectivity index (χ3v) is 4.64. The first-order chi connectivity index (χ1) is 12.4. The number of fused-ring (bicyclic) bond motifs is 1. The van der Waals surface area contributed by atoms with E-state index in [4.69, 9.17) is 4.74 Å². The zero-order valence-corrected chi connectivity index (χ0v) is 16.0. The molecule has 2 aromatic carbocycles. The summed E-state index contributed by atoms with van der Waals surface area (Å²) < 4.78 is 5.42. The number of carbonyl (C=O) groups is 1. The minimum atomic E-state index is -0.0214. The van der Waals surface area contributed by atoms with Gasteiger partial charge in [0, 0.05) is 19.0 Å². The molecule has 26 heavy (non-hydrogen) atoms. The fourth-order valence-electron chi connectivity index (χ4n) is 3.43. The lowest BCUT2D eigenvalue weighted by Crippen LogP contribution is -2.27. The fraction of sp³-hybridized carbons (Fsp3) is 0.273. The second-order valence-corrected chi connectivity index (χ2v) is 6.74. The summed E-state index contributed by atoms with van der Waals surface area (Å²) in [6, 6.07) is 13.9. The molecule has 0 aliphatic carbocycles. The van der Waals surface area contributed by atoms with Crippen molar-refractivity contribution in [3.8, 4) is 5.75 Å². The lowest BCUT2D eigenvalue weighted by Gasteiger charge is -2.20. The van der Waals surface area contributed by atoms with Crippen molar-refractivity contribution in [3.05, 3.63) is 70.4 Å². The monoisotopic (exact) mass is 348 g/mol. The van der Waals surface area contributed by atoms with Crippen LogP contribution in [0.1, 0.15) is 32.7 Å². The molecule has 0 atom stereocenters. The largest absolute Gasteiger partial charge is 0.496 e. The van der Waals surface area contributed by atoms with E-state index in [1.807, 2.05) is 58.2 Å². The van der Waals surface area contributed by atoms with Gasteiger partial charge in [0.05, 0.1) is 23.9 Å². The lowest BCUT2D eigenvalue weighted by molar-refractivity contribution is 0.0784. The first kappa shape index (κ1) is 17.9. The molecular formula is C22H24N2O2. The number of para-hydroxylation sites is 1. The van der Waals surface area contributed by atoms with Crippen LogP contribution in [0.5, 0.6) is 5.75 Å². The Labute approximate surface area is 154 Å².